The third-order valence-electron chi connectivity index (χ3n) is 4.57. The average Bonchev–Trinajstić information content (AvgIpc) is 3.14. The summed E-state index contributed by atoms with van der Waals surface area (Å²) in [5.41, 5.74) is 2.31. The zero-order chi connectivity index (χ0) is 17.5. The third kappa shape index (κ3) is 6.08. The number of halogens is 2. The Labute approximate surface area is 167 Å². The van der Waals surface area contributed by atoms with Crippen LogP contribution in [0.1, 0.15) is 43.7 Å². The molecule has 0 amide bonds. The molecule has 26 heavy (non-hydrogen) atoms. The Kier molecular flexibility index (Phi) is 8.56. The third-order valence-corrected chi connectivity index (χ3v) is 4.82. The van der Waals surface area contributed by atoms with Crippen LogP contribution in [0, 0.1) is 0 Å². The van der Waals surface area contributed by atoms with Crippen molar-refractivity contribution in [2.45, 2.75) is 51.8 Å². The lowest BCUT2D eigenvalue weighted by molar-refractivity contribution is 0.269. The standard InChI is InChI=1S/C21H26ClNO2.ClH/c1-2-24-21-13-17(14-23-19-5-3-4-6-19)9-12-20(21)25-15-16-7-10-18(22)11-8-16;/h7-13,19,23H,2-6,14-15H2,1H3;1H. The summed E-state index contributed by atoms with van der Waals surface area (Å²) >= 11 is 5.92. The molecule has 0 saturated heterocycles. The zero-order valence-electron chi connectivity index (χ0n) is 15.2. The highest BCUT2D eigenvalue weighted by molar-refractivity contribution is 6.30. The van der Waals surface area contributed by atoms with E-state index >= 15 is 0 Å². The van der Waals surface area contributed by atoms with Crippen molar-refractivity contribution in [2.24, 2.45) is 0 Å². The topological polar surface area (TPSA) is 30.5 Å². The zero-order valence-corrected chi connectivity index (χ0v) is 16.7. The van der Waals surface area contributed by atoms with Crippen molar-refractivity contribution in [3.05, 3.63) is 58.6 Å². The summed E-state index contributed by atoms with van der Waals surface area (Å²) in [6, 6.07) is 14.6. The molecule has 1 N–H and O–H groups in total. The van der Waals surface area contributed by atoms with Gasteiger partial charge in [0.05, 0.1) is 6.61 Å². The summed E-state index contributed by atoms with van der Waals surface area (Å²) in [5.74, 6) is 1.59. The molecule has 1 saturated carbocycles. The SMILES string of the molecule is CCOc1cc(CNC2CCCC2)ccc1OCc1ccc(Cl)cc1.Cl. The van der Waals surface area contributed by atoms with Gasteiger partial charge in [-0.1, -0.05) is 42.6 Å². The molecule has 1 aliphatic carbocycles. The van der Waals surface area contributed by atoms with Gasteiger partial charge in [-0.3, -0.25) is 0 Å². The molecule has 0 radical (unpaired) electrons. The second-order valence-electron chi connectivity index (χ2n) is 6.49. The maximum Gasteiger partial charge on any atom is 0.161 e. The van der Waals surface area contributed by atoms with Crippen LogP contribution in [-0.4, -0.2) is 12.6 Å². The maximum absolute atomic E-state index is 5.96. The predicted molar refractivity (Wildman–Crippen MR) is 110 cm³/mol. The first-order chi connectivity index (χ1) is 12.2. The van der Waals surface area contributed by atoms with Gasteiger partial charge in [0.2, 0.25) is 0 Å². The molecular formula is C21H27Cl2NO2. The van der Waals surface area contributed by atoms with Gasteiger partial charge in [0.15, 0.2) is 11.5 Å². The maximum atomic E-state index is 5.96. The minimum absolute atomic E-state index is 0. The lowest BCUT2D eigenvalue weighted by Gasteiger charge is -2.15. The molecule has 0 heterocycles. The molecule has 142 valence electrons. The van der Waals surface area contributed by atoms with Crippen LogP contribution in [-0.2, 0) is 13.2 Å². The van der Waals surface area contributed by atoms with Gasteiger partial charge in [-0.15, -0.1) is 12.4 Å². The second kappa shape index (κ2) is 10.7. The molecule has 0 spiro atoms. The Morgan fingerprint density at radius 2 is 1.65 bits per heavy atom. The molecule has 3 nitrogen and oxygen atoms in total. The lowest BCUT2D eigenvalue weighted by Crippen LogP contribution is -2.25. The number of benzene rings is 2. The van der Waals surface area contributed by atoms with Crippen LogP contribution < -0.4 is 14.8 Å². The van der Waals surface area contributed by atoms with Crippen LogP contribution in [0.3, 0.4) is 0 Å². The van der Waals surface area contributed by atoms with Gasteiger partial charge < -0.3 is 14.8 Å². The number of ether oxygens (including phenoxy) is 2. The van der Waals surface area contributed by atoms with Gasteiger partial charge in [0, 0.05) is 17.6 Å². The van der Waals surface area contributed by atoms with E-state index in [1.807, 2.05) is 37.3 Å². The van der Waals surface area contributed by atoms with Crippen LogP contribution in [0.15, 0.2) is 42.5 Å². The highest BCUT2D eigenvalue weighted by atomic mass is 35.5. The molecular weight excluding hydrogens is 369 g/mol. The first-order valence-corrected chi connectivity index (χ1v) is 9.48. The van der Waals surface area contributed by atoms with Gasteiger partial charge >= 0.3 is 0 Å². The number of hydrogen-bond acceptors (Lipinski definition) is 3. The average molecular weight is 396 g/mol. The summed E-state index contributed by atoms with van der Waals surface area (Å²) in [5, 5.41) is 4.38. The van der Waals surface area contributed by atoms with E-state index in [-0.39, 0.29) is 12.4 Å². The molecule has 5 heteroatoms. The fraction of sp³-hybridized carbons (Fsp3) is 0.429. The molecule has 2 aromatic carbocycles. The van der Waals surface area contributed by atoms with Crippen molar-refractivity contribution in [3.63, 3.8) is 0 Å². The van der Waals surface area contributed by atoms with Crippen molar-refractivity contribution in [3.8, 4) is 11.5 Å². The molecule has 0 unspecified atom stereocenters. The van der Waals surface area contributed by atoms with Crippen LogP contribution in [0.4, 0.5) is 0 Å². The lowest BCUT2D eigenvalue weighted by atomic mass is 10.1. The van der Waals surface area contributed by atoms with Crippen LogP contribution >= 0.6 is 24.0 Å². The van der Waals surface area contributed by atoms with E-state index in [1.165, 1.54) is 31.2 Å². The number of rotatable bonds is 8. The monoisotopic (exact) mass is 395 g/mol. The molecule has 1 aliphatic rings. The molecule has 1 fully saturated rings. The van der Waals surface area contributed by atoms with Gasteiger partial charge in [-0.05, 0) is 55.2 Å². The molecule has 0 aromatic heterocycles. The Morgan fingerprint density at radius 3 is 2.35 bits per heavy atom. The molecule has 0 aliphatic heterocycles. The van der Waals surface area contributed by atoms with Crippen molar-refractivity contribution < 1.29 is 9.47 Å². The normalized spacial score (nSPS) is 14.1. The molecule has 2 aromatic rings. The fourth-order valence-corrected chi connectivity index (χ4v) is 3.31. The van der Waals surface area contributed by atoms with E-state index in [4.69, 9.17) is 21.1 Å². The van der Waals surface area contributed by atoms with E-state index in [1.54, 1.807) is 0 Å². The van der Waals surface area contributed by atoms with Crippen molar-refractivity contribution >= 4 is 24.0 Å². The highest BCUT2D eigenvalue weighted by Crippen LogP contribution is 2.30. The molecule has 0 atom stereocenters. The van der Waals surface area contributed by atoms with E-state index in [2.05, 4.69) is 17.4 Å². The van der Waals surface area contributed by atoms with Gasteiger partial charge in [-0.2, -0.15) is 0 Å². The first kappa shape index (κ1) is 20.9. The summed E-state index contributed by atoms with van der Waals surface area (Å²) in [7, 11) is 0. The Bertz CT molecular complexity index is 670. The molecule has 3 rings (SSSR count). The highest BCUT2D eigenvalue weighted by Gasteiger charge is 2.14. The summed E-state index contributed by atoms with van der Waals surface area (Å²) in [6.45, 7) is 3.99. The summed E-state index contributed by atoms with van der Waals surface area (Å²) in [6.07, 6.45) is 5.28. The fourth-order valence-electron chi connectivity index (χ4n) is 3.18. The van der Waals surface area contributed by atoms with Gasteiger partial charge in [0.1, 0.15) is 6.61 Å². The van der Waals surface area contributed by atoms with E-state index in [9.17, 15) is 0 Å². The number of hydrogen-bond donors (Lipinski definition) is 1. The van der Waals surface area contributed by atoms with Crippen molar-refractivity contribution in [1.29, 1.82) is 0 Å². The smallest absolute Gasteiger partial charge is 0.161 e. The van der Waals surface area contributed by atoms with Crippen LogP contribution in [0.25, 0.3) is 0 Å². The first-order valence-electron chi connectivity index (χ1n) is 9.11. The number of nitrogens with one attached hydrogen (secondary N) is 1. The van der Waals surface area contributed by atoms with Crippen LogP contribution in [0.5, 0.6) is 11.5 Å². The van der Waals surface area contributed by atoms with Gasteiger partial charge in [0.25, 0.3) is 0 Å². The largest absolute Gasteiger partial charge is 0.490 e. The minimum atomic E-state index is 0. The Morgan fingerprint density at radius 1 is 0.962 bits per heavy atom. The van der Waals surface area contributed by atoms with Crippen molar-refractivity contribution in [1.82, 2.24) is 5.32 Å². The van der Waals surface area contributed by atoms with E-state index in [0.717, 1.165) is 28.6 Å². The Balaban J connectivity index is 0.00000243. The van der Waals surface area contributed by atoms with Gasteiger partial charge in [-0.25, -0.2) is 0 Å². The van der Waals surface area contributed by atoms with Crippen LogP contribution in [0.2, 0.25) is 5.02 Å². The van der Waals surface area contributed by atoms with E-state index < -0.39 is 0 Å². The Hall–Kier alpha value is -1.42. The summed E-state index contributed by atoms with van der Waals surface area (Å²) in [4.78, 5) is 0. The predicted octanol–water partition coefficient (Wildman–Crippen LogP) is 5.77. The minimum Gasteiger partial charge on any atom is -0.490 e. The van der Waals surface area contributed by atoms with E-state index in [0.29, 0.717) is 19.3 Å². The second-order valence-corrected chi connectivity index (χ2v) is 6.93. The van der Waals surface area contributed by atoms with Crippen molar-refractivity contribution in [2.75, 3.05) is 6.61 Å². The molecule has 0 bridgehead atoms. The quantitative estimate of drug-likeness (QED) is 0.614. The summed E-state index contributed by atoms with van der Waals surface area (Å²) < 4.78 is 11.7.